The second-order valence-electron chi connectivity index (χ2n) is 11.1. The number of carbonyl (C=O) groups excluding carboxylic acids is 2. The zero-order chi connectivity index (χ0) is 27.2. The fourth-order valence-corrected chi connectivity index (χ4v) is 4.75. The van der Waals surface area contributed by atoms with E-state index in [1.54, 1.807) is 10.8 Å². The highest BCUT2D eigenvalue weighted by Gasteiger charge is 2.29. The number of ether oxygens (including phenoxy) is 2. The van der Waals surface area contributed by atoms with Crippen molar-refractivity contribution < 1.29 is 23.6 Å². The summed E-state index contributed by atoms with van der Waals surface area (Å²) in [6.07, 6.45) is 10.0. The van der Waals surface area contributed by atoms with Crippen LogP contribution in [0.25, 0.3) is 10.9 Å². The summed E-state index contributed by atoms with van der Waals surface area (Å²) in [5.74, 6) is -0.133. The van der Waals surface area contributed by atoms with Crippen LogP contribution in [0.5, 0.6) is 0 Å². The summed E-state index contributed by atoms with van der Waals surface area (Å²) in [5.41, 5.74) is 0.819. The minimum absolute atomic E-state index is 0.0426. The first kappa shape index (κ1) is 28.7. The lowest BCUT2D eigenvalue weighted by molar-refractivity contribution is -0.713. The highest BCUT2D eigenvalue weighted by molar-refractivity contribution is 6.31. The van der Waals surface area contributed by atoms with Crippen LogP contribution in [0.2, 0.25) is 5.02 Å². The number of halogens is 1. The van der Waals surface area contributed by atoms with Gasteiger partial charge < -0.3 is 9.47 Å². The van der Waals surface area contributed by atoms with Gasteiger partial charge in [-0.15, -0.1) is 0 Å². The highest BCUT2D eigenvalue weighted by Crippen LogP contribution is 2.29. The molecule has 0 aliphatic rings. The van der Waals surface area contributed by atoms with Gasteiger partial charge in [-0.3, -0.25) is 9.36 Å². The van der Waals surface area contributed by atoms with Crippen molar-refractivity contribution in [3.05, 3.63) is 65.6 Å². The molecule has 7 heteroatoms. The van der Waals surface area contributed by atoms with Gasteiger partial charge in [-0.25, -0.2) is 4.79 Å². The molecule has 0 radical (unpaired) electrons. The Morgan fingerprint density at radius 1 is 1.03 bits per heavy atom. The fraction of sp³-hybridized carbons (Fsp3) is 0.500. The molecule has 0 aliphatic carbocycles. The normalized spacial score (nSPS) is 12.9. The topological polar surface area (TPSA) is 61.4 Å². The maximum Gasteiger partial charge on any atom is 0.418 e. The van der Waals surface area contributed by atoms with E-state index in [4.69, 9.17) is 21.1 Å². The van der Waals surface area contributed by atoms with Gasteiger partial charge in [0.2, 0.25) is 0 Å². The molecule has 0 spiro atoms. The minimum Gasteiger partial charge on any atom is -0.466 e. The molecule has 2 heterocycles. The van der Waals surface area contributed by atoms with Gasteiger partial charge in [-0.05, 0) is 66.5 Å². The van der Waals surface area contributed by atoms with Gasteiger partial charge in [0.05, 0.1) is 27.9 Å². The van der Waals surface area contributed by atoms with E-state index in [2.05, 4.69) is 16.8 Å². The van der Waals surface area contributed by atoms with Crippen molar-refractivity contribution in [2.45, 2.75) is 85.3 Å². The van der Waals surface area contributed by atoms with Crippen molar-refractivity contribution in [1.29, 1.82) is 0 Å². The summed E-state index contributed by atoms with van der Waals surface area (Å²) in [5, 5.41) is 1.68. The van der Waals surface area contributed by atoms with Crippen LogP contribution in [0.4, 0.5) is 4.79 Å². The van der Waals surface area contributed by atoms with Gasteiger partial charge in [0.25, 0.3) is 0 Å². The van der Waals surface area contributed by atoms with E-state index < -0.39 is 17.1 Å². The molecule has 0 amide bonds. The van der Waals surface area contributed by atoms with Crippen LogP contribution in [-0.2, 0) is 14.3 Å². The van der Waals surface area contributed by atoms with Gasteiger partial charge in [-0.1, -0.05) is 42.6 Å². The molecule has 1 unspecified atom stereocenters. The molecule has 0 saturated heterocycles. The van der Waals surface area contributed by atoms with Crippen molar-refractivity contribution in [3.63, 3.8) is 0 Å². The number of esters is 1. The summed E-state index contributed by atoms with van der Waals surface area (Å²) in [4.78, 5) is 24.9. The smallest absolute Gasteiger partial charge is 0.418 e. The first-order chi connectivity index (χ1) is 17.4. The van der Waals surface area contributed by atoms with Crippen LogP contribution in [0, 0.1) is 5.41 Å². The van der Waals surface area contributed by atoms with E-state index in [9.17, 15) is 9.59 Å². The van der Waals surface area contributed by atoms with E-state index in [0.29, 0.717) is 6.61 Å². The van der Waals surface area contributed by atoms with Crippen LogP contribution in [-0.4, -0.2) is 28.8 Å². The molecule has 1 atom stereocenters. The summed E-state index contributed by atoms with van der Waals surface area (Å²) in [6, 6.07) is 11.9. The maximum atomic E-state index is 12.7. The predicted molar refractivity (Wildman–Crippen MR) is 147 cm³/mol. The molecule has 0 aliphatic heterocycles. The Balaban J connectivity index is 1.77. The fourth-order valence-electron chi connectivity index (χ4n) is 4.49. The largest absolute Gasteiger partial charge is 0.466 e. The third kappa shape index (κ3) is 7.57. The lowest BCUT2D eigenvalue weighted by Gasteiger charge is -2.22. The lowest BCUT2D eigenvalue weighted by Crippen LogP contribution is -2.39. The molecule has 6 nitrogen and oxygen atoms in total. The Bertz CT molecular complexity index is 1230. The van der Waals surface area contributed by atoms with Crippen LogP contribution < -0.4 is 4.57 Å². The number of hydrogen-bond acceptors (Lipinski definition) is 4. The van der Waals surface area contributed by atoms with Crippen LogP contribution >= 0.6 is 11.6 Å². The molecule has 0 N–H and O–H groups in total. The van der Waals surface area contributed by atoms with Crippen LogP contribution in [0.3, 0.4) is 0 Å². The number of benzene rings is 1. The van der Waals surface area contributed by atoms with Crippen LogP contribution in [0.1, 0.15) is 85.3 Å². The number of nitrogens with zero attached hydrogens (tertiary/aromatic N) is 2. The first-order valence-electron chi connectivity index (χ1n) is 13.1. The molecular weight excluding hydrogens is 488 g/mol. The van der Waals surface area contributed by atoms with Gasteiger partial charge in [-0.2, -0.15) is 4.57 Å². The lowest BCUT2D eigenvalue weighted by atomic mass is 9.86. The van der Waals surface area contributed by atoms with Crippen molar-refractivity contribution in [1.82, 2.24) is 4.57 Å². The maximum absolute atomic E-state index is 12.7. The van der Waals surface area contributed by atoms with E-state index in [1.807, 2.05) is 78.1 Å². The van der Waals surface area contributed by atoms with Crippen molar-refractivity contribution in [3.8, 4) is 0 Å². The molecule has 37 heavy (non-hydrogen) atoms. The number of hydrogen-bond donors (Lipinski definition) is 0. The summed E-state index contributed by atoms with van der Waals surface area (Å²) in [7, 11) is 0. The monoisotopic (exact) mass is 527 g/mol. The standard InChI is InChI=1S/C30H40ClN2O4/c1-7-36-27(34)30(5,6)18-12-8-9-15-26(23-13-10-11-14-24(23)31)32-19-17-25-22(21-32)16-20-33(25)28(35)37-29(2,3)4/h10-11,13-14,16-17,19-21,26H,7-9,12,15,18H2,1-6H3/q+1. The van der Waals surface area contributed by atoms with Crippen molar-refractivity contribution in [2.24, 2.45) is 5.41 Å². The zero-order valence-corrected chi connectivity index (χ0v) is 23.7. The third-order valence-electron chi connectivity index (χ3n) is 6.47. The van der Waals surface area contributed by atoms with E-state index in [1.165, 1.54) is 0 Å². The van der Waals surface area contributed by atoms with E-state index in [0.717, 1.165) is 53.6 Å². The van der Waals surface area contributed by atoms with Gasteiger partial charge in [0, 0.05) is 24.2 Å². The summed E-state index contributed by atoms with van der Waals surface area (Å²) < 4.78 is 14.5. The van der Waals surface area contributed by atoms with Gasteiger partial charge >= 0.3 is 12.1 Å². The Hall–Kier alpha value is -2.86. The van der Waals surface area contributed by atoms with E-state index in [-0.39, 0.29) is 12.0 Å². The van der Waals surface area contributed by atoms with Gasteiger partial charge in [0.1, 0.15) is 5.60 Å². The molecule has 2 aromatic heterocycles. The Morgan fingerprint density at radius 3 is 2.43 bits per heavy atom. The van der Waals surface area contributed by atoms with Crippen LogP contribution in [0.15, 0.2) is 55.0 Å². The molecule has 200 valence electrons. The second kappa shape index (κ2) is 12.1. The summed E-state index contributed by atoms with van der Waals surface area (Å²) in [6.45, 7) is 11.7. The predicted octanol–water partition coefficient (Wildman–Crippen LogP) is 7.49. The average Bonchev–Trinajstić information content (AvgIpc) is 3.25. The molecule has 0 saturated carbocycles. The SMILES string of the molecule is CCOC(=O)C(C)(C)CCCCCC(c1ccccc1Cl)[n+]1ccc2c(ccn2C(=O)OC(C)(C)C)c1. The number of fused-ring (bicyclic) bond motifs is 1. The molecule has 1 aromatic carbocycles. The minimum atomic E-state index is -0.566. The Labute approximate surface area is 225 Å². The second-order valence-corrected chi connectivity index (χ2v) is 11.5. The average molecular weight is 528 g/mol. The number of rotatable bonds is 10. The van der Waals surface area contributed by atoms with Gasteiger partial charge in [0.15, 0.2) is 18.4 Å². The molecule has 0 bridgehead atoms. The quantitative estimate of drug-likeness (QED) is 0.156. The zero-order valence-electron chi connectivity index (χ0n) is 22.9. The van der Waals surface area contributed by atoms with Crippen molar-refractivity contribution >= 4 is 34.6 Å². The number of aromatic nitrogens is 2. The van der Waals surface area contributed by atoms with Crippen molar-refractivity contribution in [2.75, 3.05) is 6.61 Å². The number of pyridine rings is 1. The molecular formula is C30H40ClN2O4+. The summed E-state index contributed by atoms with van der Waals surface area (Å²) >= 11 is 6.63. The first-order valence-corrected chi connectivity index (χ1v) is 13.5. The Kier molecular flexibility index (Phi) is 9.41. The van der Waals surface area contributed by atoms with E-state index >= 15 is 0 Å². The third-order valence-corrected chi connectivity index (χ3v) is 6.82. The number of unbranched alkanes of at least 4 members (excludes halogenated alkanes) is 2. The number of carbonyl (C=O) groups is 2. The Morgan fingerprint density at radius 2 is 1.76 bits per heavy atom. The molecule has 0 fully saturated rings. The molecule has 3 rings (SSSR count). The molecule has 3 aromatic rings. The highest BCUT2D eigenvalue weighted by atomic mass is 35.5.